The van der Waals surface area contributed by atoms with Crippen LogP contribution in [0, 0.1) is 24.0 Å². The molecule has 5 nitrogen and oxygen atoms in total. The largest absolute Gasteiger partial charge is 0.493 e. The molecule has 0 saturated carbocycles. The molecule has 0 spiro atoms. The van der Waals surface area contributed by atoms with Gasteiger partial charge in [-0.25, -0.2) is 0 Å². The standard InChI is InChI=1S/C17H19NO4/c1-4-21-17-7-5-6-15(18(19)20)14(17)11-22-16-9-8-12(2)10-13(16)3/h5-10H,4,11H2,1-3H3. The summed E-state index contributed by atoms with van der Waals surface area (Å²) in [6.07, 6.45) is 0. The summed E-state index contributed by atoms with van der Waals surface area (Å²) >= 11 is 0. The van der Waals surface area contributed by atoms with Crippen LogP contribution in [-0.4, -0.2) is 11.5 Å². The molecule has 0 radical (unpaired) electrons. The Morgan fingerprint density at radius 3 is 2.50 bits per heavy atom. The van der Waals surface area contributed by atoms with Crippen LogP contribution in [0.3, 0.4) is 0 Å². The molecule has 0 N–H and O–H groups in total. The van der Waals surface area contributed by atoms with Crippen LogP contribution in [0.5, 0.6) is 11.5 Å². The van der Waals surface area contributed by atoms with Crippen LogP contribution in [0.1, 0.15) is 23.6 Å². The van der Waals surface area contributed by atoms with E-state index in [0.717, 1.165) is 11.1 Å². The second-order valence-electron chi connectivity index (χ2n) is 5.00. The highest BCUT2D eigenvalue weighted by Crippen LogP contribution is 2.30. The highest BCUT2D eigenvalue weighted by Gasteiger charge is 2.19. The van der Waals surface area contributed by atoms with Crippen molar-refractivity contribution < 1.29 is 14.4 Å². The van der Waals surface area contributed by atoms with Gasteiger partial charge in [0, 0.05) is 6.07 Å². The minimum Gasteiger partial charge on any atom is -0.493 e. The number of hydrogen-bond donors (Lipinski definition) is 0. The Labute approximate surface area is 129 Å². The van der Waals surface area contributed by atoms with Gasteiger partial charge in [0.15, 0.2) is 0 Å². The Morgan fingerprint density at radius 1 is 1.09 bits per heavy atom. The molecule has 2 aromatic rings. The van der Waals surface area contributed by atoms with Crippen LogP contribution >= 0.6 is 0 Å². The topological polar surface area (TPSA) is 61.6 Å². The molecule has 0 aromatic heterocycles. The first-order valence-corrected chi connectivity index (χ1v) is 7.12. The number of nitro groups is 1. The Balaban J connectivity index is 2.29. The van der Waals surface area contributed by atoms with E-state index in [1.54, 1.807) is 12.1 Å². The fourth-order valence-electron chi connectivity index (χ4n) is 2.27. The molecular weight excluding hydrogens is 282 g/mol. The zero-order valence-corrected chi connectivity index (χ0v) is 13.0. The number of ether oxygens (including phenoxy) is 2. The molecule has 0 atom stereocenters. The van der Waals surface area contributed by atoms with Gasteiger partial charge in [-0.05, 0) is 38.5 Å². The van der Waals surface area contributed by atoms with Crippen LogP contribution in [-0.2, 0) is 6.61 Å². The van der Waals surface area contributed by atoms with Gasteiger partial charge in [-0.2, -0.15) is 0 Å². The van der Waals surface area contributed by atoms with E-state index in [-0.39, 0.29) is 12.3 Å². The van der Waals surface area contributed by atoms with E-state index in [1.807, 2.05) is 39.0 Å². The maximum atomic E-state index is 11.2. The van der Waals surface area contributed by atoms with Crippen molar-refractivity contribution in [2.24, 2.45) is 0 Å². The van der Waals surface area contributed by atoms with Crippen molar-refractivity contribution in [2.75, 3.05) is 6.61 Å². The third-order valence-corrected chi connectivity index (χ3v) is 3.31. The van der Waals surface area contributed by atoms with E-state index >= 15 is 0 Å². The van der Waals surface area contributed by atoms with Gasteiger partial charge in [0.2, 0.25) is 0 Å². The first-order chi connectivity index (χ1) is 10.5. The van der Waals surface area contributed by atoms with Gasteiger partial charge in [0.1, 0.15) is 23.7 Å². The minimum absolute atomic E-state index is 0.00992. The predicted molar refractivity (Wildman–Crippen MR) is 84.5 cm³/mol. The molecule has 0 aliphatic heterocycles. The third-order valence-electron chi connectivity index (χ3n) is 3.31. The lowest BCUT2D eigenvalue weighted by atomic mass is 10.1. The lowest BCUT2D eigenvalue weighted by Gasteiger charge is -2.13. The van der Waals surface area contributed by atoms with Crippen LogP contribution in [0.15, 0.2) is 36.4 Å². The van der Waals surface area contributed by atoms with E-state index < -0.39 is 4.92 Å². The summed E-state index contributed by atoms with van der Waals surface area (Å²) in [5, 5.41) is 11.2. The number of benzene rings is 2. The average Bonchev–Trinajstić information content (AvgIpc) is 2.47. The summed E-state index contributed by atoms with van der Waals surface area (Å²) in [4.78, 5) is 10.8. The molecule has 0 aliphatic rings. The van der Waals surface area contributed by atoms with Gasteiger partial charge in [-0.1, -0.05) is 23.8 Å². The van der Waals surface area contributed by atoms with Crippen molar-refractivity contribution in [1.29, 1.82) is 0 Å². The molecule has 116 valence electrons. The number of nitro benzene ring substituents is 1. The molecule has 0 saturated heterocycles. The van der Waals surface area contributed by atoms with Gasteiger partial charge < -0.3 is 9.47 Å². The number of hydrogen-bond acceptors (Lipinski definition) is 4. The predicted octanol–water partition coefficient (Wildman–Crippen LogP) is 4.19. The number of aryl methyl sites for hydroxylation is 2. The molecule has 0 fully saturated rings. The van der Waals surface area contributed by atoms with E-state index in [4.69, 9.17) is 9.47 Å². The zero-order valence-electron chi connectivity index (χ0n) is 13.0. The molecule has 0 aliphatic carbocycles. The minimum atomic E-state index is -0.413. The summed E-state index contributed by atoms with van der Waals surface area (Å²) in [6.45, 7) is 6.33. The third kappa shape index (κ3) is 3.55. The van der Waals surface area contributed by atoms with Crippen molar-refractivity contribution in [3.05, 3.63) is 63.2 Å². The second kappa shape index (κ2) is 6.93. The van der Waals surface area contributed by atoms with E-state index in [9.17, 15) is 10.1 Å². The molecule has 2 aromatic carbocycles. The highest BCUT2D eigenvalue weighted by molar-refractivity contribution is 5.49. The lowest BCUT2D eigenvalue weighted by molar-refractivity contribution is -0.385. The van der Waals surface area contributed by atoms with Crippen LogP contribution in [0.2, 0.25) is 0 Å². The monoisotopic (exact) mass is 301 g/mol. The molecular formula is C17H19NO4. The molecule has 2 rings (SSSR count). The van der Waals surface area contributed by atoms with Crippen LogP contribution < -0.4 is 9.47 Å². The molecule has 0 heterocycles. The zero-order chi connectivity index (χ0) is 16.1. The van der Waals surface area contributed by atoms with Crippen molar-refractivity contribution in [3.63, 3.8) is 0 Å². The number of nitrogens with zero attached hydrogens (tertiary/aromatic N) is 1. The smallest absolute Gasteiger partial charge is 0.279 e. The van der Waals surface area contributed by atoms with Gasteiger partial charge in [0.25, 0.3) is 5.69 Å². The van der Waals surface area contributed by atoms with Crippen molar-refractivity contribution >= 4 is 5.69 Å². The molecule has 22 heavy (non-hydrogen) atoms. The quantitative estimate of drug-likeness (QED) is 0.593. The fraction of sp³-hybridized carbons (Fsp3) is 0.294. The summed E-state index contributed by atoms with van der Waals surface area (Å²) in [6, 6.07) is 10.6. The summed E-state index contributed by atoms with van der Waals surface area (Å²) < 4.78 is 11.3. The number of rotatable bonds is 6. The Kier molecular flexibility index (Phi) is 4.99. The fourth-order valence-corrected chi connectivity index (χ4v) is 2.27. The van der Waals surface area contributed by atoms with Crippen LogP contribution in [0.4, 0.5) is 5.69 Å². The van der Waals surface area contributed by atoms with E-state index in [2.05, 4.69) is 0 Å². The second-order valence-corrected chi connectivity index (χ2v) is 5.00. The van der Waals surface area contributed by atoms with Crippen molar-refractivity contribution in [3.8, 4) is 11.5 Å². The average molecular weight is 301 g/mol. The maximum absolute atomic E-state index is 11.2. The Hall–Kier alpha value is -2.56. The Morgan fingerprint density at radius 2 is 1.86 bits per heavy atom. The SMILES string of the molecule is CCOc1cccc([N+](=O)[O-])c1COc1ccc(C)cc1C. The van der Waals surface area contributed by atoms with Gasteiger partial charge in [-0.15, -0.1) is 0 Å². The lowest BCUT2D eigenvalue weighted by Crippen LogP contribution is -2.05. The van der Waals surface area contributed by atoms with Gasteiger partial charge in [0.05, 0.1) is 11.5 Å². The summed E-state index contributed by atoms with van der Waals surface area (Å²) in [5.74, 6) is 1.20. The first-order valence-electron chi connectivity index (χ1n) is 7.12. The highest BCUT2D eigenvalue weighted by atomic mass is 16.6. The van der Waals surface area contributed by atoms with Crippen molar-refractivity contribution in [2.45, 2.75) is 27.4 Å². The Bertz CT molecular complexity index is 682. The van der Waals surface area contributed by atoms with Gasteiger partial charge >= 0.3 is 0 Å². The summed E-state index contributed by atoms with van der Waals surface area (Å²) in [5.41, 5.74) is 2.60. The summed E-state index contributed by atoms with van der Waals surface area (Å²) in [7, 11) is 0. The first kappa shape index (κ1) is 15.8. The maximum Gasteiger partial charge on any atom is 0.279 e. The normalized spacial score (nSPS) is 10.3. The van der Waals surface area contributed by atoms with E-state index in [1.165, 1.54) is 6.07 Å². The molecule has 0 amide bonds. The van der Waals surface area contributed by atoms with Crippen molar-refractivity contribution in [1.82, 2.24) is 0 Å². The molecule has 5 heteroatoms. The van der Waals surface area contributed by atoms with Crippen LogP contribution in [0.25, 0.3) is 0 Å². The molecule has 0 unspecified atom stereocenters. The van der Waals surface area contributed by atoms with E-state index in [0.29, 0.717) is 23.7 Å². The van der Waals surface area contributed by atoms with Gasteiger partial charge in [-0.3, -0.25) is 10.1 Å². The molecule has 0 bridgehead atoms.